The van der Waals surface area contributed by atoms with Gasteiger partial charge in [-0.2, -0.15) is 0 Å². The Kier molecular flexibility index (Phi) is 2.39. The summed E-state index contributed by atoms with van der Waals surface area (Å²) in [6.07, 6.45) is 0. The van der Waals surface area contributed by atoms with Gasteiger partial charge in [0.1, 0.15) is 0 Å². The van der Waals surface area contributed by atoms with Crippen LogP contribution < -0.4 is 26.7 Å². The molecule has 0 bridgehead atoms. The minimum absolute atomic E-state index is 0.115. The monoisotopic (exact) mass is 275 g/mol. The number of halogens is 1. The number of fused-ring (bicyclic) bond motifs is 1. The first-order valence-corrected chi connectivity index (χ1v) is 6.97. The van der Waals surface area contributed by atoms with E-state index in [4.69, 9.17) is 4.65 Å². The van der Waals surface area contributed by atoms with Crippen molar-refractivity contribution in [2.75, 3.05) is 4.93 Å². The Morgan fingerprint density at radius 1 is 1.58 bits per heavy atom. The van der Waals surface area contributed by atoms with Gasteiger partial charge in [-0.1, -0.05) is 0 Å². The third-order valence-corrected chi connectivity index (χ3v) is 3.91. The van der Waals surface area contributed by atoms with Crippen molar-refractivity contribution in [2.45, 2.75) is 6.61 Å². The van der Waals surface area contributed by atoms with E-state index < -0.39 is 7.12 Å². The number of benzene rings is 1. The molecule has 0 radical (unpaired) electrons. The molecule has 0 unspecified atom stereocenters. The first kappa shape index (κ1) is 8.53. The molecule has 0 atom stereocenters. The van der Waals surface area contributed by atoms with Crippen molar-refractivity contribution < 1.29 is 30.9 Å². The summed E-state index contributed by atoms with van der Waals surface area (Å²) >= 11 is 0.115. The van der Waals surface area contributed by atoms with Crippen molar-refractivity contribution in [3.8, 4) is 0 Å². The van der Waals surface area contributed by atoms with Crippen molar-refractivity contribution in [2.24, 2.45) is 0 Å². The standard InChI is InChI=1S/C8H9BIO2/c1-10-7-3-2-6-5-12-9(11)8(6)4-7/h2-4,11H,5H2,1H3/q-1. The van der Waals surface area contributed by atoms with Gasteiger partial charge < -0.3 is 0 Å². The Hall–Kier alpha value is -0.0651. The third-order valence-electron chi connectivity index (χ3n) is 1.99. The molecule has 2 nitrogen and oxygen atoms in total. The molecule has 0 fully saturated rings. The Labute approximate surface area is 82.3 Å². The first-order valence-electron chi connectivity index (χ1n) is 3.73. The van der Waals surface area contributed by atoms with Crippen molar-refractivity contribution in [3.05, 3.63) is 27.3 Å². The molecule has 1 aromatic rings. The molecule has 2 rings (SSSR count). The van der Waals surface area contributed by atoms with Gasteiger partial charge in [0.25, 0.3) is 0 Å². The first-order chi connectivity index (χ1) is 5.81. The molecule has 0 saturated carbocycles. The van der Waals surface area contributed by atoms with E-state index in [1.807, 2.05) is 0 Å². The van der Waals surface area contributed by atoms with Crippen molar-refractivity contribution in [1.29, 1.82) is 0 Å². The van der Waals surface area contributed by atoms with E-state index in [9.17, 15) is 5.02 Å². The summed E-state index contributed by atoms with van der Waals surface area (Å²) in [5.41, 5.74) is 2.10. The zero-order chi connectivity index (χ0) is 8.55. The second kappa shape index (κ2) is 3.36. The summed E-state index contributed by atoms with van der Waals surface area (Å²) in [5.74, 6) is 0. The van der Waals surface area contributed by atoms with Gasteiger partial charge in [0.2, 0.25) is 0 Å². The van der Waals surface area contributed by atoms with Crippen LogP contribution in [0.3, 0.4) is 0 Å². The second-order valence-electron chi connectivity index (χ2n) is 2.70. The second-order valence-corrected chi connectivity index (χ2v) is 5.02. The SMILES string of the molecule is C[I-]c1ccc2c(c1)B(O)OC2. The van der Waals surface area contributed by atoms with Crippen LogP contribution in [0.4, 0.5) is 0 Å². The van der Waals surface area contributed by atoms with Gasteiger partial charge in [0.15, 0.2) is 0 Å². The Bertz CT molecular complexity index is 303. The molecule has 0 aliphatic carbocycles. The van der Waals surface area contributed by atoms with E-state index in [1.54, 1.807) is 0 Å². The molecule has 1 aliphatic rings. The van der Waals surface area contributed by atoms with Gasteiger partial charge in [0, 0.05) is 0 Å². The zero-order valence-electron chi connectivity index (χ0n) is 6.75. The fourth-order valence-corrected chi connectivity index (χ4v) is 2.49. The number of rotatable bonds is 1. The molecule has 12 heavy (non-hydrogen) atoms. The number of hydrogen-bond acceptors (Lipinski definition) is 2. The Balaban J connectivity index is 2.43. The fraction of sp³-hybridized carbons (Fsp3) is 0.250. The molecule has 1 N–H and O–H groups in total. The maximum atomic E-state index is 9.39. The van der Waals surface area contributed by atoms with E-state index in [0.29, 0.717) is 6.61 Å². The molecule has 0 spiro atoms. The molecule has 1 heterocycles. The molecule has 1 aliphatic heterocycles. The van der Waals surface area contributed by atoms with Crippen LogP contribution in [-0.2, 0) is 11.3 Å². The van der Waals surface area contributed by atoms with Gasteiger partial charge in [0.05, 0.1) is 0 Å². The Morgan fingerprint density at radius 3 is 3.17 bits per heavy atom. The molecular formula is C8H9BIO2-. The van der Waals surface area contributed by atoms with Gasteiger partial charge in [-0.25, -0.2) is 0 Å². The maximum absolute atomic E-state index is 9.39. The topological polar surface area (TPSA) is 29.5 Å². The number of alkyl halides is 1. The predicted octanol–water partition coefficient (Wildman–Crippen LogP) is -3.21. The van der Waals surface area contributed by atoms with Gasteiger partial charge in [-0.05, 0) is 0 Å². The predicted molar refractivity (Wildman–Crippen MR) is 43.5 cm³/mol. The van der Waals surface area contributed by atoms with Gasteiger partial charge in [-0.15, -0.1) is 0 Å². The van der Waals surface area contributed by atoms with Crippen LogP contribution in [0.25, 0.3) is 0 Å². The summed E-state index contributed by atoms with van der Waals surface area (Å²) in [5, 5.41) is 9.39. The quantitative estimate of drug-likeness (QED) is 0.332. The van der Waals surface area contributed by atoms with Crippen molar-refractivity contribution in [3.63, 3.8) is 0 Å². The van der Waals surface area contributed by atoms with E-state index in [1.165, 1.54) is 3.57 Å². The zero-order valence-corrected chi connectivity index (χ0v) is 8.91. The van der Waals surface area contributed by atoms with E-state index >= 15 is 0 Å². The summed E-state index contributed by atoms with van der Waals surface area (Å²) in [6, 6.07) is 6.26. The van der Waals surface area contributed by atoms with Gasteiger partial charge >= 0.3 is 82.3 Å². The molecule has 4 heteroatoms. The van der Waals surface area contributed by atoms with E-state index in [-0.39, 0.29) is 21.2 Å². The van der Waals surface area contributed by atoms with Crippen LogP contribution in [0.15, 0.2) is 18.2 Å². The van der Waals surface area contributed by atoms with E-state index in [2.05, 4.69) is 23.1 Å². The minimum atomic E-state index is -0.685. The van der Waals surface area contributed by atoms with Crippen LogP contribution in [0, 0.1) is 3.57 Å². The van der Waals surface area contributed by atoms with Crippen LogP contribution in [0.5, 0.6) is 0 Å². The van der Waals surface area contributed by atoms with Crippen LogP contribution >= 0.6 is 0 Å². The summed E-state index contributed by atoms with van der Waals surface area (Å²) in [6.45, 7) is 0.554. The van der Waals surface area contributed by atoms with Crippen molar-refractivity contribution >= 4 is 12.6 Å². The molecule has 0 amide bonds. The molecular weight excluding hydrogens is 266 g/mol. The van der Waals surface area contributed by atoms with Crippen molar-refractivity contribution in [1.82, 2.24) is 0 Å². The average molecular weight is 275 g/mol. The molecule has 0 saturated heterocycles. The molecule has 64 valence electrons. The molecule has 1 aromatic carbocycles. The van der Waals surface area contributed by atoms with Gasteiger partial charge in [-0.3, -0.25) is 0 Å². The molecule has 0 aromatic heterocycles. The summed E-state index contributed by atoms with van der Waals surface area (Å²) < 4.78 is 6.45. The van der Waals surface area contributed by atoms with E-state index in [0.717, 1.165) is 11.0 Å². The van der Waals surface area contributed by atoms with Crippen LogP contribution in [0.1, 0.15) is 5.56 Å². The Morgan fingerprint density at radius 2 is 2.42 bits per heavy atom. The normalized spacial score (nSPS) is 15.3. The fourth-order valence-electron chi connectivity index (χ4n) is 1.30. The van der Waals surface area contributed by atoms with Crippen LogP contribution in [-0.4, -0.2) is 17.1 Å². The summed E-state index contributed by atoms with van der Waals surface area (Å²) in [7, 11) is -0.685. The third kappa shape index (κ3) is 1.38. The summed E-state index contributed by atoms with van der Waals surface area (Å²) in [4.78, 5) is 2.21. The average Bonchev–Trinajstić information content (AvgIpc) is 2.47. The number of hydrogen-bond donors (Lipinski definition) is 1. The van der Waals surface area contributed by atoms with Crippen LogP contribution in [0.2, 0.25) is 0 Å².